The maximum Gasteiger partial charge on any atom is 0.275 e. The number of anilines is 1. The third-order valence-corrected chi connectivity index (χ3v) is 7.12. The molecule has 3 aromatic rings. The topological polar surface area (TPSA) is 127 Å². The molecule has 0 aliphatic carbocycles. The smallest absolute Gasteiger partial charge is 0.275 e. The Morgan fingerprint density at radius 2 is 2.10 bits per heavy atom. The number of amides is 1. The van der Waals surface area contributed by atoms with Crippen molar-refractivity contribution in [3.63, 3.8) is 0 Å². The van der Waals surface area contributed by atoms with Crippen LogP contribution in [0.1, 0.15) is 21.1 Å². The number of carbonyl (C=O) groups excluding carboxylic acids is 1. The van der Waals surface area contributed by atoms with Gasteiger partial charge in [0.25, 0.3) is 5.91 Å². The summed E-state index contributed by atoms with van der Waals surface area (Å²) in [6.45, 7) is 0.856. The van der Waals surface area contributed by atoms with E-state index in [-0.39, 0.29) is 24.9 Å². The molecular weight excluding hydrogens is 430 g/mol. The van der Waals surface area contributed by atoms with Crippen molar-refractivity contribution in [2.24, 2.45) is 0 Å². The second-order valence-electron chi connectivity index (χ2n) is 6.92. The van der Waals surface area contributed by atoms with Crippen molar-refractivity contribution < 1.29 is 22.7 Å². The summed E-state index contributed by atoms with van der Waals surface area (Å²) in [6.07, 6.45) is 1.71. The van der Waals surface area contributed by atoms with Gasteiger partial charge in [0.2, 0.25) is 16.8 Å². The fourth-order valence-electron chi connectivity index (χ4n) is 3.31. The molecule has 1 aromatic carbocycles. The van der Waals surface area contributed by atoms with Crippen LogP contribution < -0.4 is 14.8 Å². The highest BCUT2D eigenvalue weighted by atomic mass is 32.2. The van der Waals surface area contributed by atoms with Crippen LogP contribution in [0.2, 0.25) is 0 Å². The third kappa shape index (κ3) is 3.53. The normalized spacial score (nSPS) is 15.8. The zero-order valence-electron chi connectivity index (χ0n) is 15.8. The van der Waals surface area contributed by atoms with Crippen molar-refractivity contribution >= 4 is 32.4 Å². The van der Waals surface area contributed by atoms with Crippen LogP contribution in [0, 0.1) is 0 Å². The van der Waals surface area contributed by atoms with Crippen LogP contribution in [0.25, 0.3) is 11.3 Å². The molecular formula is C18H17N5O5S2. The number of hydrogen-bond acceptors (Lipinski definition) is 8. The number of benzene rings is 1. The number of fused-ring (bicyclic) bond motifs is 2. The Morgan fingerprint density at radius 1 is 1.27 bits per heavy atom. The largest absolute Gasteiger partial charge is 0.454 e. The quantitative estimate of drug-likeness (QED) is 0.625. The fourth-order valence-corrected chi connectivity index (χ4v) is 5.20. The molecule has 2 aromatic heterocycles. The van der Waals surface area contributed by atoms with E-state index in [1.807, 2.05) is 12.1 Å². The molecule has 10 nitrogen and oxygen atoms in total. The lowest BCUT2D eigenvalue weighted by molar-refractivity contribution is 0.102. The predicted molar refractivity (Wildman–Crippen MR) is 109 cm³/mol. The average Bonchev–Trinajstić information content (AvgIpc) is 3.44. The Bertz CT molecular complexity index is 1250. The molecule has 30 heavy (non-hydrogen) atoms. The summed E-state index contributed by atoms with van der Waals surface area (Å²) in [5, 5.41) is 10.1. The summed E-state index contributed by atoms with van der Waals surface area (Å²) in [5.41, 5.74) is 2.50. The maximum atomic E-state index is 12.6. The number of hydrogen-bond donors (Lipinski definition) is 2. The van der Waals surface area contributed by atoms with E-state index in [0.29, 0.717) is 35.3 Å². The molecule has 0 radical (unpaired) electrons. The number of nitrogens with zero attached hydrogens (tertiary/aromatic N) is 3. The summed E-state index contributed by atoms with van der Waals surface area (Å²) in [5.74, 6) is 0.938. The van der Waals surface area contributed by atoms with Gasteiger partial charge in [0, 0.05) is 30.0 Å². The summed E-state index contributed by atoms with van der Waals surface area (Å²) < 4.78 is 35.6. The van der Waals surface area contributed by atoms with Crippen molar-refractivity contribution in [1.82, 2.24) is 19.5 Å². The zero-order chi connectivity index (χ0) is 20.9. The van der Waals surface area contributed by atoms with Gasteiger partial charge in [-0.3, -0.25) is 15.2 Å². The number of H-pyrrole nitrogens is 1. The van der Waals surface area contributed by atoms with E-state index in [1.54, 1.807) is 12.1 Å². The monoisotopic (exact) mass is 447 g/mol. The first-order valence-corrected chi connectivity index (χ1v) is 11.7. The van der Waals surface area contributed by atoms with Crippen molar-refractivity contribution in [2.75, 3.05) is 24.9 Å². The molecule has 156 valence electrons. The lowest BCUT2D eigenvalue weighted by Gasteiger charge is -2.23. The van der Waals surface area contributed by atoms with Crippen molar-refractivity contribution in [1.29, 1.82) is 0 Å². The van der Waals surface area contributed by atoms with E-state index in [0.717, 1.165) is 16.1 Å². The van der Waals surface area contributed by atoms with Gasteiger partial charge in [0.1, 0.15) is 5.69 Å². The Kier molecular flexibility index (Phi) is 4.49. The van der Waals surface area contributed by atoms with Crippen molar-refractivity contribution in [2.45, 2.75) is 13.0 Å². The SMILES string of the molecule is CS(=O)(=O)N1CCc2nc(NC(=O)c3cc(-c4ccc5c(c4)OCO5)n[nH]3)sc2C1. The van der Waals surface area contributed by atoms with E-state index < -0.39 is 10.0 Å². The number of thiazole rings is 1. The van der Waals surface area contributed by atoms with E-state index in [2.05, 4.69) is 20.5 Å². The molecule has 0 unspecified atom stereocenters. The molecule has 0 atom stereocenters. The van der Waals surface area contributed by atoms with Gasteiger partial charge in [-0.1, -0.05) is 0 Å². The number of ether oxygens (including phenoxy) is 2. The minimum atomic E-state index is -3.26. The van der Waals surface area contributed by atoms with Gasteiger partial charge < -0.3 is 9.47 Å². The number of rotatable bonds is 4. The number of carbonyl (C=O) groups is 1. The van der Waals surface area contributed by atoms with Crippen LogP contribution in [0.5, 0.6) is 11.5 Å². The van der Waals surface area contributed by atoms with Gasteiger partial charge in [-0.15, -0.1) is 11.3 Å². The molecule has 0 saturated carbocycles. The molecule has 4 heterocycles. The number of sulfonamides is 1. The first kappa shape index (κ1) is 19.0. The van der Waals surface area contributed by atoms with Gasteiger partial charge in [-0.2, -0.15) is 9.40 Å². The minimum Gasteiger partial charge on any atom is -0.454 e. The van der Waals surface area contributed by atoms with E-state index in [9.17, 15) is 13.2 Å². The first-order valence-electron chi connectivity index (χ1n) is 9.07. The average molecular weight is 447 g/mol. The molecule has 0 spiro atoms. The lowest BCUT2D eigenvalue weighted by atomic mass is 10.1. The van der Waals surface area contributed by atoms with E-state index in [4.69, 9.17) is 9.47 Å². The van der Waals surface area contributed by atoms with Crippen LogP contribution in [0.15, 0.2) is 24.3 Å². The standard InChI is InChI=1S/C18H17N5O5S2/c1-30(25,26)23-5-4-11-16(8-23)29-18(19-11)20-17(24)13-7-12(21-22-13)10-2-3-14-15(6-10)28-9-27-14/h2-3,6-7H,4-5,8-9H2,1H3,(H,21,22)(H,19,20,24). The highest BCUT2D eigenvalue weighted by Gasteiger charge is 2.26. The Labute approximate surface area is 175 Å². The minimum absolute atomic E-state index is 0.187. The Hall–Kier alpha value is -2.96. The molecule has 1 amide bonds. The molecule has 0 bridgehead atoms. The number of aromatic nitrogens is 3. The van der Waals surface area contributed by atoms with Crippen LogP contribution in [-0.2, 0) is 23.0 Å². The van der Waals surface area contributed by atoms with Gasteiger partial charge in [0.15, 0.2) is 16.6 Å². The Balaban J connectivity index is 1.31. The van der Waals surface area contributed by atoms with Gasteiger partial charge >= 0.3 is 0 Å². The van der Waals surface area contributed by atoms with Crippen LogP contribution in [0.3, 0.4) is 0 Å². The van der Waals surface area contributed by atoms with Crippen LogP contribution in [-0.4, -0.2) is 53.4 Å². The molecule has 2 aliphatic heterocycles. The fraction of sp³-hybridized carbons (Fsp3) is 0.278. The predicted octanol–water partition coefficient (Wildman–Crippen LogP) is 1.83. The van der Waals surface area contributed by atoms with Crippen LogP contribution >= 0.6 is 11.3 Å². The van der Waals surface area contributed by atoms with Gasteiger partial charge in [-0.05, 0) is 24.3 Å². The van der Waals surface area contributed by atoms with Crippen molar-refractivity contribution in [3.05, 3.63) is 40.5 Å². The van der Waals surface area contributed by atoms with E-state index >= 15 is 0 Å². The van der Waals surface area contributed by atoms with Gasteiger partial charge in [0.05, 0.1) is 17.6 Å². The molecule has 0 saturated heterocycles. The lowest BCUT2D eigenvalue weighted by Crippen LogP contribution is -2.34. The number of aromatic amines is 1. The molecule has 0 fully saturated rings. The summed E-state index contributed by atoms with van der Waals surface area (Å²) >= 11 is 1.28. The summed E-state index contributed by atoms with van der Waals surface area (Å²) in [4.78, 5) is 17.9. The Morgan fingerprint density at radius 3 is 2.93 bits per heavy atom. The molecule has 2 aliphatic rings. The zero-order valence-corrected chi connectivity index (χ0v) is 17.5. The molecule has 12 heteroatoms. The van der Waals surface area contributed by atoms with E-state index in [1.165, 1.54) is 21.9 Å². The molecule has 5 rings (SSSR count). The van der Waals surface area contributed by atoms with Crippen LogP contribution in [0.4, 0.5) is 5.13 Å². The van der Waals surface area contributed by atoms with Gasteiger partial charge in [-0.25, -0.2) is 13.4 Å². The second-order valence-corrected chi connectivity index (χ2v) is 9.99. The highest BCUT2D eigenvalue weighted by Crippen LogP contribution is 2.35. The highest BCUT2D eigenvalue weighted by molar-refractivity contribution is 7.88. The third-order valence-electron chi connectivity index (χ3n) is 4.88. The maximum absolute atomic E-state index is 12.6. The second kappa shape index (κ2) is 7.07. The first-order chi connectivity index (χ1) is 14.4. The van der Waals surface area contributed by atoms with Crippen molar-refractivity contribution in [3.8, 4) is 22.8 Å². The summed E-state index contributed by atoms with van der Waals surface area (Å²) in [7, 11) is -3.26. The molecule has 2 N–H and O–H groups in total. The summed E-state index contributed by atoms with van der Waals surface area (Å²) in [6, 6.07) is 7.09. The number of nitrogens with one attached hydrogen (secondary N) is 2.